The molecule has 0 amide bonds. The molecular weight excluding hydrogens is 288 g/mol. The Morgan fingerprint density at radius 3 is 2.82 bits per heavy atom. The summed E-state index contributed by atoms with van der Waals surface area (Å²) in [7, 11) is 0. The second-order valence-corrected chi connectivity index (χ2v) is 4.12. The molecule has 5 nitrogen and oxygen atoms in total. The van der Waals surface area contributed by atoms with E-state index in [1.165, 1.54) is 23.0 Å². The van der Waals surface area contributed by atoms with Crippen LogP contribution in [0.25, 0.3) is 5.69 Å². The Morgan fingerprint density at radius 1 is 1.47 bits per heavy atom. The molecule has 0 saturated heterocycles. The van der Waals surface area contributed by atoms with Gasteiger partial charge in [0.15, 0.2) is 0 Å². The molecular formula is C11H7BrN2O3. The zero-order chi connectivity index (χ0) is 12.4. The Kier molecular flexibility index (Phi) is 3.06. The second kappa shape index (κ2) is 4.50. The van der Waals surface area contributed by atoms with Crippen molar-refractivity contribution in [3.05, 3.63) is 57.2 Å². The van der Waals surface area contributed by atoms with Gasteiger partial charge in [0.1, 0.15) is 0 Å². The van der Waals surface area contributed by atoms with E-state index in [0.717, 1.165) is 0 Å². The SMILES string of the molecule is O=C(O)c1cc(Br)c(=O)n(-c2cccnc2)c1. The highest BCUT2D eigenvalue weighted by molar-refractivity contribution is 9.10. The van der Waals surface area contributed by atoms with Gasteiger partial charge in [-0.15, -0.1) is 0 Å². The van der Waals surface area contributed by atoms with Crippen LogP contribution < -0.4 is 5.56 Å². The molecule has 0 aliphatic carbocycles. The summed E-state index contributed by atoms with van der Waals surface area (Å²) in [5.74, 6) is -1.09. The van der Waals surface area contributed by atoms with Gasteiger partial charge in [-0.3, -0.25) is 14.3 Å². The van der Waals surface area contributed by atoms with Gasteiger partial charge in [0.05, 0.1) is 21.9 Å². The molecule has 2 aromatic heterocycles. The van der Waals surface area contributed by atoms with E-state index in [9.17, 15) is 9.59 Å². The van der Waals surface area contributed by atoms with Gasteiger partial charge in [-0.1, -0.05) is 0 Å². The Morgan fingerprint density at radius 2 is 2.24 bits per heavy atom. The molecule has 2 heterocycles. The number of hydrogen-bond donors (Lipinski definition) is 1. The second-order valence-electron chi connectivity index (χ2n) is 3.27. The minimum Gasteiger partial charge on any atom is -0.478 e. The van der Waals surface area contributed by atoms with E-state index >= 15 is 0 Å². The van der Waals surface area contributed by atoms with E-state index in [-0.39, 0.29) is 15.6 Å². The maximum atomic E-state index is 11.8. The minimum atomic E-state index is -1.09. The predicted molar refractivity (Wildman–Crippen MR) is 64.5 cm³/mol. The highest BCUT2D eigenvalue weighted by Crippen LogP contribution is 2.10. The summed E-state index contributed by atoms with van der Waals surface area (Å²) < 4.78 is 1.43. The average Bonchev–Trinajstić information content (AvgIpc) is 2.33. The lowest BCUT2D eigenvalue weighted by Crippen LogP contribution is -2.20. The summed E-state index contributed by atoms with van der Waals surface area (Å²) in [4.78, 5) is 26.6. The summed E-state index contributed by atoms with van der Waals surface area (Å²) >= 11 is 3.05. The van der Waals surface area contributed by atoms with Gasteiger partial charge < -0.3 is 5.11 Å². The van der Waals surface area contributed by atoms with E-state index in [0.29, 0.717) is 5.69 Å². The fraction of sp³-hybridized carbons (Fsp3) is 0. The van der Waals surface area contributed by atoms with Crippen molar-refractivity contribution in [1.29, 1.82) is 0 Å². The van der Waals surface area contributed by atoms with E-state index in [1.807, 2.05) is 0 Å². The van der Waals surface area contributed by atoms with Crippen LogP contribution in [0, 0.1) is 0 Å². The molecule has 0 unspecified atom stereocenters. The van der Waals surface area contributed by atoms with Crippen LogP contribution in [0.4, 0.5) is 0 Å². The van der Waals surface area contributed by atoms with Gasteiger partial charge >= 0.3 is 5.97 Å². The third-order valence-electron chi connectivity index (χ3n) is 2.14. The number of carboxylic acid groups (broad SMARTS) is 1. The van der Waals surface area contributed by atoms with E-state index in [4.69, 9.17) is 5.11 Å². The Balaban J connectivity index is 2.70. The van der Waals surface area contributed by atoms with Crippen molar-refractivity contribution in [3.63, 3.8) is 0 Å². The molecule has 0 aromatic carbocycles. The maximum Gasteiger partial charge on any atom is 0.337 e. The topological polar surface area (TPSA) is 72.2 Å². The number of pyridine rings is 2. The van der Waals surface area contributed by atoms with Crippen LogP contribution >= 0.6 is 15.9 Å². The van der Waals surface area contributed by atoms with Gasteiger partial charge in [-0.25, -0.2) is 4.79 Å². The highest BCUT2D eigenvalue weighted by atomic mass is 79.9. The molecule has 0 radical (unpaired) electrons. The highest BCUT2D eigenvalue weighted by Gasteiger charge is 2.10. The molecule has 1 N–H and O–H groups in total. The van der Waals surface area contributed by atoms with Crippen LogP contribution in [0.5, 0.6) is 0 Å². The zero-order valence-corrected chi connectivity index (χ0v) is 10.1. The first-order chi connectivity index (χ1) is 8.09. The Hall–Kier alpha value is -1.95. The monoisotopic (exact) mass is 294 g/mol. The molecule has 6 heteroatoms. The van der Waals surface area contributed by atoms with Crippen molar-refractivity contribution in [1.82, 2.24) is 9.55 Å². The minimum absolute atomic E-state index is 0.0281. The lowest BCUT2D eigenvalue weighted by atomic mass is 10.3. The molecule has 0 fully saturated rings. The van der Waals surface area contributed by atoms with E-state index in [2.05, 4.69) is 20.9 Å². The van der Waals surface area contributed by atoms with Crippen LogP contribution in [0.3, 0.4) is 0 Å². The number of carbonyl (C=O) groups is 1. The lowest BCUT2D eigenvalue weighted by Gasteiger charge is -2.06. The number of aromatic carboxylic acids is 1. The quantitative estimate of drug-likeness (QED) is 0.915. The molecule has 0 atom stereocenters. The lowest BCUT2D eigenvalue weighted by molar-refractivity contribution is 0.0696. The molecule has 86 valence electrons. The fourth-order valence-corrected chi connectivity index (χ4v) is 1.79. The van der Waals surface area contributed by atoms with Crippen molar-refractivity contribution in [2.45, 2.75) is 0 Å². The first kappa shape index (κ1) is 11.5. The third kappa shape index (κ3) is 2.26. The standard InChI is InChI=1S/C11H7BrN2O3/c12-9-4-7(11(16)17)6-14(10(9)15)8-2-1-3-13-5-8/h1-6H,(H,16,17). The van der Waals surface area contributed by atoms with E-state index in [1.54, 1.807) is 18.3 Å². The summed E-state index contributed by atoms with van der Waals surface area (Å²) in [6.45, 7) is 0. The number of aromatic nitrogens is 2. The van der Waals surface area contributed by atoms with E-state index < -0.39 is 5.97 Å². The molecule has 2 rings (SSSR count). The Bertz CT molecular complexity index is 622. The van der Waals surface area contributed by atoms with Crippen molar-refractivity contribution in [3.8, 4) is 5.69 Å². The Labute approximate surface area is 104 Å². The average molecular weight is 295 g/mol. The van der Waals surface area contributed by atoms with Gasteiger partial charge in [0.25, 0.3) is 5.56 Å². The molecule has 17 heavy (non-hydrogen) atoms. The molecule has 0 aliphatic rings. The van der Waals surface area contributed by atoms with Crippen LogP contribution in [0.1, 0.15) is 10.4 Å². The molecule has 2 aromatic rings. The molecule has 0 saturated carbocycles. The van der Waals surface area contributed by atoms with Crippen molar-refractivity contribution >= 4 is 21.9 Å². The van der Waals surface area contributed by atoms with Gasteiger partial charge in [0.2, 0.25) is 0 Å². The van der Waals surface area contributed by atoms with Crippen LogP contribution in [-0.4, -0.2) is 20.6 Å². The summed E-state index contributed by atoms with van der Waals surface area (Å²) in [5.41, 5.74) is 0.213. The molecule has 0 bridgehead atoms. The zero-order valence-electron chi connectivity index (χ0n) is 8.50. The molecule has 0 aliphatic heterocycles. The number of hydrogen-bond acceptors (Lipinski definition) is 3. The van der Waals surface area contributed by atoms with Crippen molar-refractivity contribution in [2.24, 2.45) is 0 Å². The number of nitrogens with zero attached hydrogens (tertiary/aromatic N) is 2. The number of halogens is 1. The smallest absolute Gasteiger partial charge is 0.337 e. The fourth-order valence-electron chi connectivity index (χ4n) is 1.35. The van der Waals surface area contributed by atoms with Gasteiger partial charge in [-0.05, 0) is 34.1 Å². The first-order valence-corrected chi connectivity index (χ1v) is 5.45. The van der Waals surface area contributed by atoms with Crippen LogP contribution in [0.2, 0.25) is 0 Å². The van der Waals surface area contributed by atoms with Crippen molar-refractivity contribution < 1.29 is 9.90 Å². The van der Waals surface area contributed by atoms with Gasteiger partial charge in [0, 0.05) is 12.4 Å². The predicted octanol–water partition coefficient (Wildman–Crippen LogP) is 1.69. The molecule has 0 spiro atoms. The van der Waals surface area contributed by atoms with Crippen molar-refractivity contribution in [2.75, 3.05) is 0 Å². The first-order valence-electron chi connectivity index (χ1n) is 4.65. The number of carboxylic acids is 1. The number of rotatable bonds is 2. The summed E-state index contributed by atoms with van der Waals surface area (Å²) in [6.07, 6.45) is 4.33. The largest absolute Gasteiger partial charge is 0.478 e. The third-order valence-corrected chi connectivity index (χ3v) is 2.71. The summed E-state index contributed by atoms with van der Waals surface area (Å²) in [5, 5.41) is 8.92. The van der Waals surface area contributed by atoms with Gasteiger partial charge in [-0.2, -0.15) is 0 Å². The van der Waals surface area contributed by atoms with Crippen LogP contribution in [0.15, 0.2) is 46.1 Å². The summed E-state index contributed by atoms with van der Waals surface area (Å²) in [6, 6.07) is 4.62. The normalized spacial score (nSPS) is 10.2. The van der Waals surface area contributed by atoms with Crippen LogP contribution in [-0.2, 0) is 0 Å². The maximum absolute atomic E-state index is 11.8.